The van der Waals surface area contributed by atoms with Crippen LogP contribution in [0.2, 0.25) is 0 Å². The van der Waals surface area contributed by atoms with Crippen molar-refractivity contribution in [1.29, 1.82) is 0 Å². The van der Waals surface area contributed by atoms with Gasteiger partial charge in [0.05, 0.1) is 12.9 Å². The molecule has 1 saturated heterocycles. The molecule has 1 heterocycles. The maximum atomic E-state index is 12.6. The van der Waals surface area contributed by atoms with Crippen LogP contribution in [0.15, 0.2) is 11.8 Å². The summed E-state index contributed by atoms with van der Waals surface area (Å²) >= 11 is 0. The summed E-state index contributed by atoms with van der Waals surface area (Å²) < 4.78 is 43.0. The Balaban J connectivity index is 1.64. The van der Waals surface area contributed by atoms with Crippen molar-refractivity contribution >= 4 is 0 Å². The zero-order chi connectivity index (χ0) is 14.5. The van der Waals surface area contributed by atoms with Crippen molar-refractivity contribution in [3.8, 4) is 0 Å². The SMILES string of the molecule is COC1=CCC(C23CC2CN(C(O)C(F)(F)F)C3)CC1. The number of allylic oxidation sites excluding steroid dienone is 2. The van der Waals surface area contributed by atoms with Crippen LogP contribution in [-0.2, 0) is 4.74 Å². The zero-order valence-electron chi connectivity index (χ0n) is 11.5. The summed E-state index contributed by atoms with van der Waals surface area (Å²) in [5.41, 5.74) is 0.00199. The predicted octanol–water partition coefficient (Wildman–Crippen LogP) is 2.52. The summed E-state index contributed by atoms with van der Waals surface area (Å²) in [6.07, 6.45) is -1.04. The van der Waals surface area contributed by atoms with Gasteiger partial charge in [0.1, 0.15) is 0 Å². The van der Waals surface area contributed by atoms with Crippen molar-refractivity contribution in [1.82, 2.24) is 4.90 Å². The number of halogens is 3. The van der Waals surface area contributed by atoms with Crippen molar-refractivity contribution in [2.75, 3.05) is 20.2 Å². The number of methoxy groups -OCH3 is 1. The molecule has 0 aromatic heterocycles. The molecule has 0 aromatic carbocycles. The quantitative estimate of drug-likeness (QED) is 0.867. The van der Waals surface area contributed by atoms with E-state index in [1.54, 1.807) is 7.11 Å². The minimum absolute atomic E-state index is 0.00199. The molecule has 114 valence electrons. The summed E-state index contributed by atoms with van der Waals surface area (Å²) in [5, 5.41) is 9.39. The van der Waals surface area contributed by atoms with E-state index >= 15 is 0 Å². The molecule has 3 aliphatic rings. The Morgan fingerprint density at radius 2 is 2.20 bits per heavy atom. The number of hydrogen-bond acceptors (Lipinski definition) is 3. The van der Waals surface area contributed by atoms with E-state index in [4.69, 9.17) is 4.74 Å². The van der Waals surface area contributed by atoms with Crippen LogP contribution in [0.5, 0.6) is 0 Å². The fourth-order valence-corrected chi connectivity index (χ4v) is 4.11. The van der Waals surface area contributed by atoms with Crippen molar-refractivity contribution in [2.45, 2.75) is 38.1 Å². The minimum atomic E-state index is -4.55. The third-order valence-corrected chi connectivity index (χ3v) is 5.31. The highest BCUT2D eigenvalue weighted by Gasteiger charge is 2.65. The van der Waals surface area contributed by atoms with Gasteiger partial charge in [0, 0.05) is 19.5 Å². The Hall–Kier alpha value is -0.750. The van der Waals surface area contributed by atoms with E-state index in [0.717, 1.165) is 31.4 Å². The fourth-order valence-electron chi connectivity index (χ4n) is 4.11. The van der Waals surface area contributed by atoms with Gasteiger partial charge in [-0.3, -0.25) is 4.90 Å². The number of piperidine rings is 1. The van der Waals surface area contributed by atoms with Gasteiger partial charge < -0.3 is 9.84 Å². The average molecular weight is 291 g/mol. The molecule has 3 rings (SSSR count). The zero-order valence-corrected chi connectivity index (χ0v) is 11.5. The topological polar surface area (TPSA) is 32.7 Å². The average Bonchev–Trinajstić information content (AvgIpc) is 2.99. The summed E-state index contributed by atoms with van der Waals surface area (Å²) in [6.45, 7) is 0.747. The number of rotatable bonds is 3. The number of alkyl halides is 3. The molecule has 0 bridgehead atoms. The van der Waals surface area contributed by atoms with Crippen LogP contribution in [0.1, 0.15) is 25.7 Å². The molecule has 4 atom stereocenters. The number of fused-ring (bicyclic) bond motifs is 1. The van der Waals surface area contributed by atoms with E-state index in [1.807, 2.05) is 0 Å². The molecule has 1 saturated carbocycles. The first-order valence-corrected chi connectivity index (χ1v) is 7.08. The van der Waals surface area contributed by atoms with Gasteiger partial charge in [0.2, 0.25) is 6.23 Å². The highest BCUT2D eigenvalue weighted by molar-refractivity contribution is 5.16. The number of aliphatic hydroxyl groups is 1. The number of likely N-dealkylation sites (tertiary alicyclic amines) is 1. The van der Waals surface area contributed by atoms with Gasteiger partial charge in [0.15, 0.2) is 0 Å². The number of ether oxygens (including phenoxy) is 1. The molecular weight excluding hydrogens is 271 g/mol. The third kappa shape index (κ3) is 2.22. The van der Waals surface area contributed by atoms with Crippen molar-refractivity contribution in [2.24, 2.45) is 17.3 Å². The van der Waals surface area contributed by atoms with Crippen LogP contribution in [-0.4, -0.2) is 42.6 Å². The van der Waals surface area contributed by atoms with E-state index in [2.05, 4.69) is 6.08 Å². The monoisotopic (exact) mass is 291 g/mol. The maximum Gasteiger partial charge on any atom is 0.428 e. The van der Waals surface area contributed by atoms with Crippen LogP contribution in [0.4, 0.5) is 13.2 Å². The van der Waals surface area contributed by atoms with E-state index in [-0.39, 0.29) is 5.41 Å². The standard InChI is InChI=1S/C14H20F3NO2/c1-20-11-4-2-9(3-5-11)13-6-10(13)7-18(8-13)12(19)14(15,16)17/h4,9-10,12,19H,2-3,5-8H2,1H3. The maximum absolute atomic E-state index is 12.6. The second-order valence-electron chi connectivity index (χ2n) is 6.32. The van der Waals surface area contributed by atoms with Crippen LogP contribution in [0.3, 0.4) is 0 Å². The van der Waals surface area contributed by atoms with Crippen LogP contribution < -0.4 is 0 Å². The van der Waals surface area contributed by atoms with Gasteiger partial charge in [-0.25, -0.2) is 0 Å². The van der Waals surface area contributed by atoms with E-state index < -0.39 is 12.4 Å². The fraction of sp³-hybridized carbons (Fsp3) is 0.857. The third-order valence-electron chi connectivity index (χ3n) is 5.31. The molecule has 0 aromatic rings. The van der Waals surface area contributed by atoms with Gasteiger partial charge in [0.25, 0.3) is 0 Å². The predicted molar refractivity (Wildman–Crippen MR) is 66.6 cm³/mol. The molecule has 4 unspecified atom stereocenters. The molecular formula is C14H20F3NO2. The Morgan fingerprint density at radius 3 is 2.75 bits per heavy atom. The van der Waals surface area contributed by atoms with Gasteiger partial charge in [-0.1, -0.05) is 0 Å². The van der Waals surface area contributed by atoms with Gasteiger partial charge in [-0.15, -0.1) is 0 Å². The second-order valence-corrected chi connectivity index (χ2v) is 6.32. The summed E-state index contributed by atoms with van der Waals surface area (Å²) in [7, 11) is 1.65. The molecule has 1 N–H and O–H groups in total. The molecule has 3 nitrogen and oxygen atoms in total. The van der Waals surface area contributed by atoms with Crippen molar-refractivity contribution < 1.29 is 23.0 Å². The second kappa shape index (κ2) is 4.63. The lowest BCUT2D eigenvalue weighted by atomic mass is 9.79. The highest BCUT2D eigenvalue weighted by Crippen LogP contribution is 2.65. The van der Waals surface area contributed by atoms with Crippen LogP contribution in [0, 0.1) is 17.3 Å². The van der Waals surface area contributed by atoms with E-state index in [9.17, 15) is 18.3 Å². The van der Waals surface area contributed by atoms with Crippen LogP contribution in [0.25, 0.3) is 0 Å². The Bertz CT molecular complexity index is 423. The van der Waals surface area contributed by atoms with Gasteiger partial charge in [-0.2, -0.15) is 13.2 Å². The Morgan fingerprint density at radius 1 is 1.45 bits per heavy atom. The van der Waals surface area contributed by atoms with Gasteiger partial charge in [-0.05, 0) is 42.6 Å². The molecule has 20 heavy (non-hydrogen) atoms. The number of hydrogen-bond donors (Lipinski definition) is 1. The molecule has 0 amide bonds. The molecule has 2 fully saturated rings. The first-order valence-electron chi connectivity index (χ1n) is 7.08. The smallest absolute Gasteiger partial charge is 0.428 e. The largest absolute Gasteiger partial charge is 0.501 e. The Labute approximate surface area is 116 Å². The van der Waals surface area contributed by atoms with E-state index in [0.29, 0.717) is 24.9 Å². The number of aliphatic hydroxyl groups excluding tert-OH is 1. The molecule has 6 heteroatoms. The summed E-state index contributed by atoms with van der Waals surface area (Å²) in [4.78, 5) is 1.20. The first-order chi connectivity index (χ1) is 9.37. The van der Waals surface area contributed by atoms with Gasteiger partial charge >= 0.3 is 6.18 Å². The normalized spacial score (nSPS) is 39.1. The Kier molecular flexibility index (Phi) is 3.29. The first kappa shape index (κ1) is 14.2. The minimum Gasteiger partial charge on any atom is -0.501 e. The summed E-state index contributed by atoms with van der Waals surface area (Å²) in [5.74, 6) is 1.74. The van der Waals surface area contributed by atoms with Crippen LogP contribution >= 0.6 is 0 Å². The lowest BCUT2D eigenvalue weighted by molar-refractivity contribution is -0.249. The highest BCUT2D eigenvalue weighted by atomic mass is 19.4. The van der Waals surface area contributed by atoms with Crippen molar-refractivity contribution in [3.63, 3.8) is 0 Å². The lowest BCUT2D eigenvalue weighted by Crippen LogP contribution is -2.46. The molecule has 0 radical (unpaired) electrons. The van der Waals surface area contributed by atoms with E-state index in [1.165, 1.54) is 4.90 Å². The van der Waals surface area contributed by atoms with Crippen molar-refractivity contribution in [3.05, 3.63) is 11.8 Å². The molecule has 0 spiro atoms. The molecule has 2 aliphatic carbocycles. The molecule has 1 aliphatic heterocycles. The lowest BCUT2D eigenvalue weighted by Gasteiger charge is -2.32. The summed E-state index contributed by atoms with van der Waals surface area (Å²) in [6, 6.07) is 0. The number of nitrogens with zero attached hydrogens (tertiary/aromatic N) is 1.